The molecule has 0 radical (unpaired) electrons. The summed E-state index contributed by atoms with van der Waals surface area (Å²) in [5, 5.41) is 10.8. The van der Waals surface area contributed by atoms with Gasteiger partial charge in [-0.1, -0.05) is 0 Å². The molecule has 0 aliphatic rings. The van der Waals surface area contributed by atoms with Gasteiger partial charge in [0.25, 0.3) is 5.56 Å². The first-order valence-corrected chi connectivity index (χ1v) is 3.79. The minimum absolute atomic E-state index is 0.236. The van der Waals surface area contributed by atoms with Crippen LogP contribution in [0.5, 0.6) is 0 Å². The average Bonchev–Trinajstić information content (AvgIpc) is 2.55. The molecule has 0 bridgehead atoms. The van der Waals surface area contributed by atoms with Crippen molar-refractivity contribution in [2.45, 2.75) is 0 Å². The molecule has 0 aliphatic carbocycles. The van der Waals surface area contributed by atoms with Crippen LogP contribution in [0.25, 0.3) is 10.7 Å². The Bertz CT molecular complexity index is 387. The highest BCUT2D eigenvalue weighted by Gasteiger charge is 2.06. The van der Waals surface area contributed by atoms with E-state index >= 15 is 0 Å². The van der Waals surface area contributed by atoms with Gasteiger partial charge in [0.1, 0.15) is 5.01 Å². The van der Waals surface area contributed by atoms with Crippen LogP contribution in [-0.4, -0.2) is 20.4 Å². The van der Waals surface area contributed by atoms with Crippen molar-refractivity contribution < 1.29 is 0 Å². The highest BCUT2D eigenvalue weighted by Crippen LogP contribution is 2.13. The summed E-state index contributed by atoms with van der Waals surface area (Å²) in [6.45, 7) is 0. The van der Waals surface area contributed by atoms with Crippen molar-refractivity contribution in [3.63, 3.8) is 0 Å². The topological polar surface area (TPSA) is 74.4 Å². The molecule has 0 amide bonds. The number of aromatic nitrogens is 4. The molecule has 11 heavy (non-hydrogen) atoms. The van der Waals surface area contributed by atoms with Crippen molar-refractivity contribution in [2.75, 3.05) is 0 Å². The molecule has 2 heterocycles. The van der Waals surface area contributed by atoms with Crippen molar-refractivity contribution in [3.05, 3.63) is 21.9 Å². The zero-order valence-electron chi connectivity index (χ0n) is 5.37. The standard InChI is InChI=1S/C5H4N4OS/c10-4-3(7-9-8-4)5-6-1-2-11-5/h1-2H,(H2,7,8,9,10). The number of thiazole rings is 1. The third-order valence-electron chi connectivity index (χ3n) is 1.19. The summed E-state index contributed by atoms with van der Waals surface area (Å²) in [7, 11) is 0. The lowest BCUT2D eigenvalue weighted by atomic mass is 10.5. The molecule has 6 heteroatoms. The van der Waals surface area contributed by atoms with Gasteiger partial charge in [-0.25, -0.2) is 15.3 Å². The molecule has 0 saturated carbocycles. The summed E-state index contributed by atoms with van der Waals surface area (Å²) >= 11 is 1.38. The van der Waals surface area contributed by atoms with E-state index < -0.39 is 0 Å². The van der Waals surface area contributed by atoms with Crippen molar-refractivity contribution in [2.24, 2.45) is 0 Å². The second-order valence-electron chi connectivity index (χ2n) is 1.86. The zero-order chi connectivity index (χ0) is 7.68. The first-order valence-electron chi connectivity index (χ1n) is 2.91. The van der Waals surface area contributed by atoms with Crippen LogP contribution in [0.3, 0.4) is 0 Å². The molecule has 2 N–H and O–H groups in total. The number of aromatic amines is 2. The van der Waals surface area contributed by atoms with Gasteiger partial charge in [-0.15, -0.1) is 11.3 Å². The maximum atomic E-state index is 10.9. The summed E-state index contributed by atoms with van der Waals surface area (Å²) < 4.78 is 0. The monoisotopic (exact) mass is 168 g/mol. The molecule has 2 rings (SSSR count). The molecular weight excluding hydrogens is 164 g/mol. The number of nitrogens with zero attached hydrogens (tertiary/aromatic N) is 2. The van der Waals surface area contributed by atoms with E-state index in [1.54, 1.807) is 11.6 Å². The second-order valence-corrected chi connectivity index (χ2v) is 2.76. The Labute approximate surface area is 65.1 Å². The maximum absolute atomic E-state index is 10.9. The molecule has 0 atom stereocenters. The van der Waals surface area contributed by atoms with Crippen LogP contribution in [0, 0.1) is 0 Å². The van der Waals surface area contributed by atoms with Gasteiger partial charge in [-0.05, 0) is 0 Å². The normalized spacial score (nSPS) is 10.2. The van der Waals surface area contributed by atoms with Crippen LogP contribution in [-0.2, 0) is 0 Å². The molecule has 0 fully saturated rings. The summed E-state index contributed by atoms with van der Waals surface area (Å²) in [6.07, 6.45) is 1.63. The first-order chi connectivity index (χ1) is 5.38. The molecule has 0 aromatic carbocycles. The summed E-state index contributed by atoms with van der Waals surface area (Å²) in [6, 6.07) is 0. The van der Waals surface area contributed by atoms with E-state index in [1.165, 1.54) is 11.3 Å². The minimum atomic E-state index is -0.236. The largest absolute Gasteiger partial charge is 0.294 e. The number of rotatable bonds is 1. The van der Waals surface area contributed by atoms with Crippen molar-refractivity contribution in [1.82, 2.24) is 20.4 Å². The summed E-state index contributed by atoms with van der Waals surface area (Å²) in [4.78, 5) is 14.9. The van der Waals surface area contributed by atoms with E-state index in [4.69, 9.17) is 0 Å². The number of hydrogen-bond acceptors (Lipinski definition) is 4. The van der Waals surface area contributed by atoms with Crippen LogP contribution in [0.2, 0.25) is 0 Å². The molecule has 0 spiro atoms. The number of nitrogens with one attached hydrogen (secondary N) is 2. The molecule has 0 unspecified atom stereocenters. The van der Waals surface area contributed by atoms with Gasteiger partial charge in [0.15, 0.2) is 5.69 Å². The Morgan fingerprint density at radius 3 is 3.00 bits per heavy atom. The van der Waals surface area contributed by atoms with Crippen molar-refractivity contribution in [3.8, 4) is 10.7 Å². The van der Waals surface area contributed by atoms with Gasteiger partial charge in [-0.3, -0.25) is 4.79 Å². The van der Waals surface area contributed by atoms with E-state index in [1.807, 2.05) is 0 Å². The predicted octanol–water partition coefficient (Wildman–Crippen LogP) is 0.221. The fourth-order valence-electron chi connectivity index (χ4n) is 0.730. The SMILES string of the molecule is O=c1[nH][nH]nc1-c1nccs1. The van der Waals surface area contributed by atoms with Crippen LogP contribution < -0.4 is 5.56 Å². The van der Waals surface area contributed by atoms with Crippen LogP contribution in [0.1, 0.15) is 0 Å². The van der Waals surface area contributed by atoms with Crippen molar-refractivity contribution in [1.29, 1.82) is 0 Å². The van der Waals surface area contributed by atoms with Gasteiger partial charge in [0, 0.05) is 11.6 Å². The lowest BCUT2D eigenvalue weighted by molar-refractivity contribution is 0.931. The number of H-pyrrole nitrogens is 2. The quantitative estimate of drug-likeness (QED) is 0.639. The molecule has 0 aliphatic heterocycles. The van der Waals surface area contributed by atoms with E-state index in [-0.39, 0.29) is 5.56 Å². The van der Waals surface area contributed by atoms with Crippen LogP contribution >= 0.6 is 11.3 Å². The Morgan fingerprint density at radius 1 is 1.55 bits per heavy atom. The summed E-state index contributed by atoms with van der Waals surface area (Å²) in [5.41, 5.74) is 0.111. The van der Waals surface area contributed by atoms with Crippen LogP contribution in [0.15, 0.2) is 16.4 Å². The van der Waals surface area contributed by atoms with Gasteiger partial charge in [0.05, 0.1) is 0 Å². The van der Waals surface area contributed by atoms with Gasteiger partial charge in [0.2, 0.25) is 0 Å². The average molecular weight is 168 g/mol. The Kier molecular flexibility index (Phi) is 1.32. The zero-order valence-corrected chi connectivity index (χ0v) is 6.18. The fraction of sp³-hybridized carbons (Fsp3) is 0. The highest BCUT2D eigenvalue weighted by atomic mass is 32.1. The molecule has 0 saturated heterocycles. The molecule has 56 valence electrons. The molecule has 5 nitrogen and oxygen atoms in total. The van der Waals surface area contributed by atoms with E-state index in [2.05, 4.69) is 20.4 Å². The highest BCUT2D eigenvalue weighted by molar-refractivity contribution is 7.13. The Balaban J connectivity index is 2.62. The maximum Gasteiger partial charge on any atom is 0.294 e. The van der Waals surface area contributed by atoms with Gasteiger partial charge < -0.3 is 0 Å². The third-order valence-corrected chi connectivity index (χ3v) is 1.97. The Morgan fingerprint density at radius 2 is 2.45 bits per heavy atom. The molecule has 2 aromatic heterocycles. The van der Waals surface area contributed by atoms with Gasteiger partial charge >= 0.3 is 0 Å². The molecular formula is C5H4N4OS. The summed E-state index contributed by atoms with van der Waals surface area (Å²) in [5.74, 6) is 0. The smallest absolute Gasteiger partial charge is 0.265 e. The second kappa shape index (κ2) is 2.31. The third kappa shape index (κ3) is 0.966. The fourth-order valence-corrected chi connectivity index (χ4v) is 1.35. The van der Waals surface area contributed by atoms with E-state index in [9.17, 15) is 4.79 Å². The lowest BCUT2D eigenvalue weighted by Gasteiger charge is -1.79. The van der Waals surface area contributed by atoms with Gasteiger partial charge in [-0.2, -0.15) is 5.10 Å². The van der Waals surface area contributed by atoms with Crippen LogP contribution in [0.4, 0.5) is 0 Å². The molecule has 2 aromatic rings. The van der Waals surface area contributed by atoms with E-state index in [0.29, 0.717) is 10.7 Å². The predicted molar refractivity (Wildman–Crippen MR) is 40.3 cm³/mol. The minimum Gasteiger partial charge on any atom is -0.265 e. The lowest BCUT2D eigenvalue weighted by Crippen LogP contribution is -2.01. The van der Waals surface area contributed by atoms with Crippen molar-refractivity contribution >= 4 is 11.3 Å². The van der Waals surface area contributed by atoms with E-state index in [0.717, 1.165) is 0 Å². The number of hydrogen-bond donors (Lipinski definition) is 2. The Hall–Kier alpha value is -1.43. The first kappa shape index (κ1) is 6.29.